The lowest BCUT2D eigenvalue weighted by atomic mass is 10.0. The first-order valence-electron chi connectivity index (χ1n) is 6.84. The van der Waals surface area contributed by atoms with Crippen molar-refractivity contribution in [2.75, 3.05) is 19.0 Å². The molecule has 2 rings (SSSR count). The van der Waals surface area contributed by atoms with Crippen molar-refractivity contribution in [3.63, 3.8) is 0 Å². The SMILES string of the molecule is CNCc1ccc(C(=O)N(C)c2ccc(O)cc2)cc1C. The van der Waals surface area contributed by atoms with Crippen LogP contribution in [-0.2, 0) is 6.54 Å². The van der Waals surface area contributed by atoms with Gasteiger partial charge in [0.25, 0.3) is 5.91 Å². The van der Waals surface area contributed by atoms with Gasteiger partial charge in [-0.25, -0.2) is 0 Å². The molecule has 2 aromatic carbocycles. The van der Waals surface area contributed by atoms with E-state index < -0.39 is 0 Å². The van der Waals surface area contributed by atoms with E-state index in [1.165, 1.54) is 5.56 Å². The molecule has 0 aliphatic heterocycles. The molecule has 4 nitrogen and oxygen atoms in total. The van der Waals surface area contributed by atoms with E-state index >= 15 is 0 Å². The maximum Gasteiger partial charge on any atom is 0.258 e. The molecular weight excluding hydrogens is 264 g/mol. The lowest BCUT2D eigenvalue weighted by Crippen LogP contribution is -2.26. The van der Waals surface area contributed by atoms with Crippen LogP contribution in [0.2, 0.25) is 0 Å². The Morgan fingerprint density at radius 1 is 1.19 bits per heavy atom. The van der Waals surface area contributed by atoms with Crippen molar-refractivity contribution in [2.24, 2.45) is 0 Å². The van der Waals surface area contributed by atoms with Crippen LogP contribution in [0.3, 0.4) is 0 Å². The summed E-state index contributed by atoms with van der Waals surface area (Å²) in [6.07, 6.45) is 0. The molecule has 0 fully saturated rings. The Labute approximate surface area is 125 Å². The van der Waals surface area contributed by atoms with Gasteiger partial charge in [-0.2, -0.15) is 0 Å². The third-order valence-electron chi connectivity index (χ3n) is 3.50. The van der Waals surface area contributed by atoms with Gasteiger partial charge in [0, 0.05) is 24.8 Å². The summed E-state index contributed by atoms with van der Waals surface area (Å²) in [6.45, 7) is 2.79. The smallest absolute Gasteiger partial charge is 0.258 e. The molecule has 0 saturated heterocycles. The number of anilines is 1. The third-order valence-corrected chi connectivity index (χ3v) is 3.50. The van der Waals surface area contributed by atoms with Gasteiger partial charge in [-0.05, 0) is 61.5 Å². The first kappa shape index (κ1) is 15.1. The molecule has 0 saturated carbocycles. The summed E-state index contributed by atoms with van der Waals surface area (Å²) in [7, 11) is 3.63. The molecule has 2 N–H and O–H groups in total. The predicted molar refractivity (Wildman–Crippen MR) is 84.8 cm³/mol. The highest BCUT2D eigenvalue weighted by atomic mass is 16.3. The average Bonchev–Trinajstić information content (AvgIpc) is 2.49. The van der Waals surface area contributed by atoms with E-state index in [2.05, 4.69) is 5.32 Å². The molecular formula is C17H20N2O2. The van der Waals surface area contributed by atoms with Gasteiger partial charge in [-0.15, -0.1) is 0 Å². The van der Waals surface area contributed by atoms with Crippen LogP contribution in [-0.4, -0.2) is 25.1 Å². The highest BCUT2D eigenvalue weighted by Gasteiger charge is 2.14. The minimum atomic E-state index is -0.0696. The van der Waals surface area contributed by atoms with Crippen molar-refractivity contribution in [2.45, 2.75) is 13.5 Å². The van der Waals surface area contributed by atoms with Crippen molar-refractivity contribution < 1.29 is 9.90 Å². The van der Waals surface area contributed by atoms with Gasteiger partial charge in [-0.1, -0.05) is 6.07 Å². The standard InChI is InChI=1S/C17H20N2O2/c1-12-10-13(4-5-14(12)11-18-2)17(21)19(3)15-6-8-16(20)9-7-15/h4-10,18,20H,11H2,1-3H3. The number of aryl methyl sites for hydroxylation is 1. The second-order valence-corrected chi connectivity index (χ2v) is 5.05. The molecule has 110 valence electrons. The van der Waals surface area contributed by atoms with Gasteiger partial charge in [0.15, 0.2) is 0 Å². The number of phenols is 1. The van der Waals surface area contributed by atoms with E-state index in [1.807, 2.05) is 32.2 Å². The summed E-state index contributed by atoms with van der Waals surface area (Å²) >= 11 is 0. The number of amides is 1. The van der Waals surface area contributed by atoms with Crippen LogP contribution in [0.15, 0.2) is 42.5 Å². The summed E-state index contributed by atoms with van der Waals surface area (Å²) < 4.78 is 0. The van der Waals surface area contributed by atoms with E-state index in [-0.39, 0.29) is 11.7 Å². The Hall–Kier alpha value is -2.33. The first-order valence-corrected chi connectivity index (χ1v) is 6.84. The summed E-state index contributed by atoms with van der Waals surface area (Å²) in [6, 6.07) is 12.3. The van der Waals surface area contributed by atoms with Gasteiger partial charge < -0.3 is 15.3 Å². The number of aromatic hydroxyl groups is 1. The Bertz CT molecular complexity index is 636. The Kier molecular flexibility index (Phi) is 4.60. The van der Waals surface area contributed by atoms with Crippen molar-refractivity contribution in [1.82, 2.24) is 5.32 Å². The lowest BCUT2D eigenvalue weighted by molar-refractivity contribution is 0.0993. The topological polar surface area (TPSA) is 52.6 Å². The predicted octanol–water partition coefficient (Wildman–Crippen LogP) is 2.70. The number of hydrogen-bond acceptors (Lipinski definition) is 3. The second-order valence-electron chi connectivity index (χ2n) is 5.05. The van der Waals surface area contributed by atoms with Gasteiger partial charge in [0.1, 0.15) is 5.75 Å². The van der Waals surface area contributed by atoms with Crippen LogP contribution >= 0.6 is 0 Å². The van der Waals surface area contributed by atoms with E-state index in [0.29, 0.717) is 5.56 Å². The second kappa shape index (κ2) is 6.41. The van der Waals surface area contributed by atoms with Crippen LogP contribution in [0.1, 0.15) is 21.5 Å². The Balaban J connectivity index is 2.23. The average molecular weight is 284 g/mol. The first-order chi connectivity index (χ1) is 10.0. The van der Waals surface area contributed by atoms with Gasteiger partial charge >= 0.3 is 0 Å². The molecule has 0 aliphatic carbocycles. The minimum Gasteiger partial charge on any atom is -0.508 e. The maximum atomic E-state index is 12.5. The summed E-state index contributed by atoms with van der Waals surface area (Å²) in [4.78, 5) is 14.1. The number of nitrogens with one attached hydrogen (secondary N) is 1. The van der Waals surface area contributed by atoms with Crippen molar-refractivity contribution in [3.8, 4) is 5.75 Å². The van der Waals surface area contributed by atoms with Crippen LogP contribution in [0, 0.1) is 6.92 Å². The molecule has 1 amide bonds. The van der Waals surface area contributed by atoms with Crippen molar-refractivity contribution in [3.05, 3.63) is 59.2 Å². The van der Waals surface area contributed by atoms with Gasteiger partial charge in [-0.3, -0.25) is 4.79 Å². The van der Waals surface area contributed by atoms with Crippen LogP contribution < -0.4 is 10.2 Å². The molecule has 0 heterocycles. The fraction of sp³-hybridized carbons (Fsp3) is 0.235. The number of rotatable bonds is 4. The molecule has 0 spiro atoms. The van der Waals surface area contributed by atoms with E-state index in [4.69, 9.17) is 0 Å². The zero-order chi connectivity index (χ0) is 15.4. The lowest BCUT2D eigenvalue weighted by Gasteiger charge is -2.18. The number of hydrogen-bond donors (Lipinski definition) is 2. The van der Waals surface area contributed by atoms with E-state index in [0.717, 1.165) is 17.8 Å². The molecule has 0 radical (unpaired) electrons. The molecule has 2 aromatic rings. The number of carbonyl (C=O) groups excluding carboxylic acids is 1. The quantitative estimate of drug-likeness (QED) is 0.907. The molecule has 0 atom stereocenters. The van der Waals surface area contributed by atoms with E-state index in [1.54, 1.807) is 36.2 Å². The molecule has 0 aromatic heterocycles. The summed E-state index contributed by atoms with van der Waals surface area (Å²) in [5, 5.41) is 12.4. The highest BCUT2D eigenvalue weighted by molar-refractivity contribution is 6.05. The monoisotopic (exact) mass is 284 g/mol. The number of carbonyl (C=O) groups is 1. The number of nitrogens with zero attached hydrogens (tertiary/aromatic N) is 1. The zero-order valence-electron chi connectivity index (χ0n) is 12.6. The molecule has 0 bridgehead atoms. The molecule has 0 aliphatic rings. The number of phenolic OH excluding ortho intramolecular Hbond substituents is 1. The molecule has 4 heteroatoms. The third kappa shape index (κ3) is 3.41. The summed E-state index contributed by atoms with van der Waals surface area (Å²) in [5.74, 6) is 0.117. The number of benzene rings is 2. The van der Waals surface area contributed by atoms with Crippen LogP contribution in [0.5, 0.6) is 5.75 Å². The largest absolute Gasteiger partial charge is 0.508 e. The van der Waals surface area contributed by atoms with E-state index in [9.17, 15) is 9.90 Å². The van der Waals surface area contributed by atoms with Crippen LogP contribution in [0.4, 0.5) is 5.69 Å². The molecule has 0 unspecified atom stereocenters. The molecule has 21 heavy (non-hydrogen) atoms. The zero-order valence-corrected chi connectivity index (χ0v) is 12.6. The van der Waals surface area contributed by atoms with Crippen molar-refractivity contribution >= 4 is 11.6 Å². The Morgan fingerprint density at radius 2 is 1.86 bits per heavy atom. The van der Waals surface area contributed by atoms with Gasteiger partial charge in [0.05, 0.1) is 0 Å². The van der Waals surface area contributed by atoms with Crippen LogP contribution in [0.25, 0.3) is 0 Å². The maximum absolute atomic E-state index is 12.5. The van der Waals surface area contributed by atoms with Gasteiger partial charge in [0.2, 0.25) is 0 Å². The fourth-order valence-electron chi connectivity index (χ4n) is 2.20. The highest BCUT2D eigenvalue weighted by Crippen LogP contribution is 2.20. The van der Waals surface area contributed by atoms with Crippen molar-refractivity contribution in [1.29, 1.82) is 0 Å². The summed E-state index contributed by atoms with van der Waals surface area (Å²) in [5.41, 5.74) is 3.67. The fourth-order valence-corrected chi connectivity index (χ4v) is 2.20. The normalized spacial score (nSPS) is 10.4. The minimum absolute atomic E-state index is 0.0696. The Morgan fingerprint density at radius 3 is 2.43 bits per heavy atom.